The van der Waals surface area contributed by atoms with Crippen molar-refractivity contribution in [3.63, 3.8) is 0 Å². The van der Waals surface area contributed by atoms with Crippen LogP contribution in [0.4, 0.5) is 10.3 Å². The molecule has 7 heteroatoms. The average molecular weight is 358 g/mol. The van der Waals surface area contributed by atoms with Crippen molar-refractivity contribution in [1.82, 2.24) is 14.9 Å². The molecule has 6 nitrogen and oxygen atoms in total. The fraction of sp³-hybridized carbons (Fsp3) is 0.474. The molecule has 26 heavy (non-hydrogen) atoms. The van der Waals surface area contributed by atoms with Gasteiger partial charge in [0.25, 0.3) is 0 Å². The predicted molar refractivity (Wildman–Crippen MR) is 96.1 cm³/mol. The second kappa shape index (κ2) is 7.17. The summed E-state index contributed by atoms with van der Waals surface area (Å²) in [5.74, 6) is 1.13. The van der Waals surface area contributed by atoms with E-state index in [4.69, 9.17) is 9.47 Å². The molecule has 0 amide bonds. The minimum Gasteiger partial charge on any atom is -0.439 e. The summed E-state index contributed by atoms with van der Waals surface area (Å²) in [7, 11) is 2.15. The summed E-state index contributed by atoms with van der Waals surface area (Å²) in [5.41, 5.74) is -0.0425. The van der Waals surface area contributed by atoms with Gasteiger partial charge in [-0.15, -0.1) is 0 Å². The molecule has 0 radical (unpaired) electrons. The van der Waals surface area contributed by atoms with Gasteiger partial charge in [0, 0.05) is 44.5 Å². The molecule has 1 aromatic carbocycles. The second-order valence-corrected chi connectivity index (χ2v) is 7.01. The van der Waals surface area contributed by atoms with Gasteiger partial charge in [-0.1, -0.05) is 6.07 Å². The van der Waals surface area contributed by atoms with Crippen molar-refractivity contribution in [3.8, 4) is 11.6 Å². The molecular weight excluding hydrogens is 335 g/mol. The van der Waals surface area contributed by atoms with Gasteiger partial charge in [0.1, 0.15) is 11.6 Å². The van der Waals surface area contributed by atoms with Gasteiger partial charge in [0.2, 0.25) is 11.8 Å². The van der Waals surface area contributed by atoms with Gasteiger partial charge in [-0.25, -0.2) is 9.37 Å². The van der Waals surface area contributed by atoms with Crippen LogP contribution in [0.5, 0.6) is 11.6 Å². The standard InChI is InChI=1S/C19H23FN4O2/c1-23-11-12-25-19(14-23)6-9-24(10-7-19)18-21-8-5-17(22-18)26-16-4-2-3-15(20)13-16/h2-5,8,13H,6-7,9-12,14H2,1H3. The molecule has 1 aromatic heterocycles. The van der Waals surface area contributed by atoms with Crippen LogP contribution in [0.2, 0.25) is 0 Å². The number of likely N-dealkylation sites (N-methyl/N-ethyl adjacent to an activating group) is 1. The van der Waals surface area contributed by atoms with E-state index in [1.807, 2.05) is 0 Å². The third-order valence-corrected chi connectivity index (χ3v) is 5.03. The van der Waals surface area contributed by atoms with Crippen LogP contribution < -0.4 is 9.64 Å². The van der Waals surface area contributed by atoms with Crippen LogP contribution >= 0.6 is 0 Å². The third kappa shape index (κ3) is 3.78. The van der Waals surface area contributed by atoms with Crippen LogP contribution in [0.1, 0.15) is 12.8 Å². The molecule has 0 saturated carbocycles. The van der Waals surface area contributed by atoms with E-state index >= 15 is 0 Å². The van der Waals surface area contributed by atoms with E-state index in [1.165, 1.54) is 12.1 Å². The number of piperidine rings is 1. The number of anilines is 1. The van der Waals surface area contributed by atoms with E-state index in [2.05, 4.69) is 26.8 Å². The largest absolute Gasteiger partial charge is 0.439 e. The maximum atomic E-state index is 13.3. The Kier molecular flexibility index (Phi) is 4.74. The highest BCUT2D eigenvalue weighted by Gasteiger charge is 2.39. The van der Waals surface area contributed by atoms with Crippen molar-refractivity contribution < 1.29 is 13.9 Å². The minimum absolute atomic E-state index is 0.0425. The first kappa shape index (κ1) is 17.2. The van der Waals surface area contributed by atoms with Gasteiger partial charge >= 0.3 is 0 Å². The molecule has 0 N–H and O–H groups in total. The lowest BCUT2D eigenvalue weighted by atomic mass is 9.89. The summed E-state index contributed by atoms with van der Waals surface area (Å²) in [6.45, 7) is 4.46. The summed E-state index contributed by atoms with van der Waals surface area (Å²) in [4.78, 5) is 13.4. The number of hydrogen-bond acceptors (Lipinski definition) is 6. The van der Waals surface area contributed by atoms with E-state index in [-0.39, 0.29) is 11.4 Å². The quantitative estimate of drug-likeness (QED) is 0.841. The summed E-state index contributed by atoms with van der Waals surface area (Å²) < 4.78 is 25.1. The lowest BCUT2D eigenvalue weighted by Gasteiger charge is -2.46. The molecular formula is C19H23FN4O2. The average Bonchev–Trinajstić information content (AvgIpc) is 2.62. The number of rotatable bonds is 3. The monoisotopic (exact) mass is 358 g/mol. The minimum atomic E-state index is -0.337. The van der Waals surface area contributed by atoms with E-state index < -0.39 is 0 Å². The summed E-state index contributed by atoms with van der Waals surface area (Å²) in [6, 6.07) is 7.71. The Bertz CT molecular complexity index is 765. The molecule has 0 bridgehead atoms. The number of benzene rings is 1. The highest BCUT2D eigenvalue weighted by molar-refractivity contribution is 5.35. The first-order valence-corrected chi connectivity index (χ1v) is 8.96. The zero-order chi connectivity index (χ0) is 18.0. The van der Waals surface area contributed by atoms with Crippen LogP contribution in [0.25, 0.3) is 0 Å². The zero-order valence-electron chi connectivity index (χ0n) is 14.9. The number of morpholine rings is 1. The van der Waals surface area contributed by atoms with Gasteiger partial charge in [-0.05, 0) is 32.0 Å². The predicted octanol–water partition coefficient (Wildman–Crippen LogP) is 2.71. The molecule has 2 aliphatic rings. The highest BCUT2D eigenvalue weighted by Crippen LogP contribution is 2.31. The van der Waals surface area contributed by atoms with Gasteiger partial charge in [-0.2, -0.15) is 4.98 Å². The molecule has 2 saturated heterocycles. The number of ether oxygens (including phenoxy) is 2. The fourth-order valence-corrected chi connectivity index (χ4v) is 3.64. The molecule has 1 spiro atoms. The summed E-state index contributed by atoms with van der Waals surface area (Å²) >= 11 is 0. The Morgan fingerprint density at radius 3 is 2.81 bits per heavy atom. The maximum Gasteiger partial charge on any atom is 0.228 e. The molecule has 2 aliphatic heterocycles. The molecule has 2 fully saturated rings. The Morgan fingerprint density at radius 2 is 2.04 bits per heavy atom. The fourth-order valence-electron chi connectivity index (χ4n) is 3.64. The summed E-state index contributed by atoms with van der Waals surface area (Å²) in [5, 5.41) is 0. The Labute approximate surface area is 152 Å². The van der Waals surface area contributed by atoms with E-state index in [0.717, 1.165) is 45.6 Å². The topological polar surface area (TPSA) is 50.7 Å². The Hall–Kier alpha value is -2.25. The molecule has 0 aliphatic carbocycles. The number of hydrogen-bond donors (Lipinski definition) is 0. The molecule has 4 rings (SSSR count). The maximum absolute atomic E-state index is 13.3. The first-order chi connectivity index (χ1) is 12.6. The van der Waals surface area contributed by atoms with E-state index in [9.17, 15) is 4.39 Å². The summed E-state index contributed by atoms with van der Waals surface area (Å²) in [6.07, 6.45) is 3.58. The van der Waals surface area contributed by atoms with Crippen LogP contribution in [-0.4, -0.2) is 60.3 Å². The Morgan fingerprint density at radius 1 is 1.19 bits per heavy atom. The van der Waals surface area contributed by atoms with Crippen LogP contribution in [0, 0.1) is 5.82 Å². The van der Waals surface area contributed by atoms with E-state index in [0.29, 0.717) is 17.6 Å². The SMILES string of the molecule is CN1CCOC2(CCN(c3nccc(Oc4cccc(F)c4)n3)CC2)C1. The normalized spacial score (nSPS) is 20.3. The van der Waals surface area contributed by atoms with Crippen LogP contribution in [-0.2, 0) is 4.74 Å². The van der Waals surface area contributed by atoms with Crippen molar-refractivity contribution in [1.29, 1.82) is 0 Å². The van der Waals surface area contributed by atoms with Gasteiger partial charge in [0.15, 0.2) is 0 Å². The second-order valence-electron chi connectivity index (χ2n) is 7.01. The molecule has 2 aromatic rings. The van der Waals surface area contributed by atoms with Crippen LogP contribution in [0.3, 0.4) is 0 Å². The van der Waals surface area contributed by atoms with Crippen molar-refractivity contribution in [3.05, 3.63) is 42.3 Å². The molecule has 3 heterocycles. The van der Waals surface area contributed by atoms with Gasteiger partial charge in [-0.3, -0.25) is 0 Å². The lowest BCUT2D eigenvalue weighted by Crippen LogP contribution is -2.56. The van der Waals surface area contributed by atoms with Crippen molar-refractivity contribution in [2.75, 3.05) is 44.7 Å². The smallest absolute Gasteiger partial charge is 0.228 e. The zero-order valence-corrected chi connectivity index (χ0v) is 14.9. The van der Waals surface area contributed by atoms with Crippen molar-refractivity contribution in [2.24, 2.45) is 0 Å². The van der Waals surface area contributed by atoms with Crippen molar-refractivity contribution >= 4 is 5.95 Å². The van der Waals surface area contributed by atoms with E-state index in [1.54, 1.807) is 24.4 Å². The lowest BCUT2D eigenvalue weighted by molar-refractivity contribution is -0.115. The number of nitrogens with zero attached hydrogens (tertiary/aromatic N) is 4. The number of aromatic nitrogens is 2. The Balaban J connectivity index is 1.43. The molecule has 0 atom stereocenters. The van der Waals surface area contributed by atoms with Gasteiger partial charge < -0.3 is 19.3 Å². The molecule has 0 unspecified atom stereocenters. The highest BCUT2D eigenvalue weighted by atomic mass is 19.1. The number of halogens is 1. The van der Waals surface area contributed by atoms with Gasteiger partial charge in [0.05, 0.1) is 12.2 Å². The molecule has 138 valence electrons. The van der Waals surface area contributed by atoms with Crippen molar-refractivity contribution in [2.45, 2.75) is 18.4 Å². The third-order valence-electron chi connectivity index (χ3n) is 5.03. The first-order valence-electron chi connectivity index (χ1n) is 8.96. The van der Waals surface area contributed by atoms with Crippen LogP contribution in [0.15, 0.2) is 36.5 Å².